The number of ether oxygens (including phenoxy) is 1. The Bertz CT molecular complexity index is 490. The van der Waals surface area contributed by atoms with Gasteiger partial charge in [0, 0.05) is 44.0 Å². The molecule has 0 spiro atoms. The van der Waals surface area contributed by atoms with Crippen molar-refractivity contribution in [3.05, 3.63) is 15.6 Å². The zero-order chi connectivity index (χ0) is 16.0. The molecule has 1 aromatic heterocycles. The van der Waals surface area contributed by atoms with Crippen molar-refractivity contribution in [3.63, 3.8) is 0 Å². The SMILES string of the molecule is CCNC(=NCc1nc(C)c(C)s1)NCC1(O)CCOCC1. The smallest absolute Gasteiger partial charge is 0.191 e. The third kappa shape index (κ3) is 4.93. The van der Waals surface area contributed by atoms with E-state index >= 15 is 0 Å². The zero-order valence-electron chi connectivity index (χ0n) is 13.6. The van der Waals surface area contributed by atoms with Crippen molar-refractivity contribution in [1.29, 1.82) is 0 Å². The molecule has 0 unspecified atom stereocenters. The minimum Gasteiger partial charge on any atom is -0.388 e. The monoisotopic (exact) mass is 326 g/mol. The van der Waals surface area contributed by atoms with Crippen LogP contribution in [0.15, 0.2) is 4.99 Å². The summed E-state index contributed by atoms with van der Waals surface area (Å²) in [7, 11) is 0. The topological polar surface area (TPSA) is 78.8 Å². The van der Waals surface area contributed by atoms with E-state index in [0.29, 0.717) is 45.1 Å². The first-order valence-electron chi connectivity index (χ1n) is 7.77. The van der Waals surface area contributed by atoms with E-state index in [4.69, 9.17) is 4.74 Å². The summed E-state index contributed by atoms with van der Waals surface area (Å²) in [5.74, 6) is 0.716. The first-order valence-corrected chi connectivity index (χ1v) is 8.59. The van der Waals surface area contributed by atoms with E-state index in [1.54, 1.807) is 11.3 Å². The van der Waals surface area contributed by atoms with Gasteiger partial charge >= 0.3 is 0 Å². The standard InChI is InChI=1S/C15H26N4O2S/c1-4-16-14(17-9-13-19-11(2)12(3)22-13)18-10-15(20)5-7-21-8-6-15/h20H,4-10H2,1-3H3,(H2,16,17,18). The van der Waals surface area contributed by atoms with E-state index in [2.05, 4.69) is 27.5 Å². The summed E-state index contributed by atoms with van der Waals surface area (Å²) in [6.07, 6.45) is 1.31. The molecule has 2 rings (SSSR count). The molecule has 0 aromatic carbocycles. The number of aliphatic hydroxyl groups is 1. The average Bonchev–Trinajstić information content (AvgIpc) is 2.81. The molecule has 3 N–H and O–H groups in total. The molecule has 0 bridgehead atoms. The maximum absolute atomic E-state index is 10.5. The number of nitrogens with zero attached hydrogens (tertiary/aromatic N) is 2. The number of hydrogen-bond acceptors (Lipinski definition) is 5. The maximum Gasteiger partial charge on any atom is 0.191 e. The van der Waals surface area contributed by atoms with Crippen LogP contribution in [0, 0.1) is 13.8 Å². The lowest BCUT2D eigenvalue weighted by Gasteiger charge is -2.32. The van der Waals surface area contributed by atoms with Gasteiger partial charge in [0.1, 0.15) is 5.01 Å². The lowest BCUT2D eigenvalue weighted by atomic mass is 9.94. The van der Waals surface area contributed by atoms with Gasteiger partial charge in [0.15, 0.2) is 5.96 Å². The Morgan fingerprint density at radius 1 is 1.36 bits per heavy atom. The van der Waals surface area contributed by atoms with Gasteiger partial charge in [-0.15, -0.1) is 11.3 Å². The Labute approximate surface area is 136 Å². The van der Waals surface area contributed by atoms with Crippen molar-refractivity contribution in [2.45, 2.75) is 45.8 Å². The third-order valence-electron chi connectivity index (χ3n) is 3.80. The van der Waals surface area contributed by atoms with Crippen molar-refractivity contribution in [1.82, 2.24) is 15.6 Å². The molecule has 1 fully saturated rings. The Balaban J connectivity index is 1.92. The van der Waals surface area contributed by atoms with Crippen LogP contribution < -0.4 is 10.6 Å². The molecule has 0 radical (unpaired) electrons. The van der Waals surface area contributed by atoms with E-state index in [0.717, 1.165) is 17.2 Å². The molecule has 1 aliphatic rings. The van der Waals surface area contributed by atoms with Crippen LogP contribution in [0.25, 0.3) is 0 Å². The van der Waals surface area contributed by atoms with Crippen molar-refractivity contribution in [2.24, 2.45) is 4.99 Å². The fourth-order valence-electron chi connectivity index (χ4n) is 2.27. The number of aryl methyl sites for hydroxylation is 2. The quantitative estimate of drug-likeness (QED) is 0.562. The molecule has 1 aliphatic heterocycles. The van der Waals surface area contributed by atoms with Gasteiger partial charge in [-0.3, -0.25) is 0 Å². The van der Waals surface area contributed by atoms with Gasteiger partial charge in [-0.25, -0.2) is 9.98 Å². The number of thiazole rings is 1. The average molecular weight is 326 g/mol. The summed E-state index contributed by atoms with van der Waals surface area (Å²) < 4.78 is 5.30. The molecular weight excluding hydrogens is 300 g/mol. The highest BCUT2D eigenvalue weighted by molar-refractivity contribution is 7.11. The van der Waals surface area contributed by atoms with Gasteiger partial charge in [-0.1, -0.05) is 0 Å². The van der Waals surface area contributed by atoms with Crippen LogP contribution in [0.3, 0.4) is 0 Å². The summed E-state index contributed by atoms with van der Waals surface area (Å²) in [5, 5.41) is 17.9. The zero-order valence-corrected chi connectivity index (χ0v) is 14.4. The predicted octanol–water partition coefficient (Wildman–Crippen LogP) is 1.36. The highest BCUT2D eigenvalue weighted by Gasteiger charge is 2.29. The molecule has 1 aromatic rings. The van der Waals surface area contributed by atoms with Gasteiger partial charge in [0.25, 0.3) is 0 Å². The van der Waals surface area contributed by atoms with E-state index in [9.17, 15) is 5.11 Å². The largest absolute Gasteiger partial charge is 0.388 e. The minimum absolute atomic E-state index is 0.484. The van der Waals surface area contributed by atoms with Gasteiger partial charge in [-0.05, 0) is 20.8 Å². The van der Waals surface area contributed by atoms with E-state index in [-0.39, 0.29) is 0 Å². The van der Waals surface area contributed by atoms with Crippen LogP contribution >= 0.6 is 11.3 Å². The van der Waals surface area contributed by atoms with Crippen LogP contribution in [0.5, 0.6) is 0 Å². The fourth-order valence-corrected chi connectivity index (χ4v) is 3.13. The van der Waals surface area contributed by atoms with E-state index in [1.807, 2.05) is 13.8 Å². The normalized spacial score (nSPS) is 18.3. The van der Waals surface area contributed by atoms with Crippen LogP contribution in [0.4, 0.5) is 0 Å². The lowest BCUT2D eigenvalue weighted by molar-refractivity contribution is -0.0594. The molecule has 0 saturated carbocycles. The molecule has 7 heteroatoms. The van der Waals surface area contributed by atoms with Gasteiger partial charge in [-0.2, -0.15) is 0 Å². The summed E-state index contributed by atoms with van der Waals surface area (Å²) >= 11 is 1.68. The summed E-state index contributed by atoms with van der Waals surface area (Å²) in [4.78, 5) is 10.3. The highest BCUT2D eigenvalue weighted by Crippen LogP contribution is 2.19. The maximum atomic E-state index is 10.5. The van der Waals surface area contributed by atoms with Crippen molar-refractivity contribution >= 4 is 17.3 Å². The molecule has 0 amide bonds. The molecular formula is C15H26N4O2S. The number of nitrogens with one attached hydrogen (secondary N) is 2. The minimum atomic E-state index is -0.706. The summed E-state index contributed by atoms with van der Waals surface area (Å²) in [5.41, 5.74) is 0.368. The first kappa shape index (κ1) is 17.2. The lowest BCUT2D eigenvalue weighted by Crippen LogP contribution is -2.49. The Morgan fingerprint density at radius 2 is 2.09 bits per heavy atom. The molecule has 1 saturated heterocycles. The molecule has 124 valence electrons. The van der Waals surface area contributed by atoms with Crippen molar-refractivity contribution in [2.75, 3.05) is 26.3 Å². The van der Waals surface area contributed by atoms with Gasteiger partial charge in [0.2, 0.25) is 0 Å². The van der Waals surface area contributed by atoms with Crippen LogP contribution in [0.2, 0.25) is 0 Å². The Kier molecular flexibility index (Phi) is 6.16. The summed E-state index contributed by atoms with van der Waals surface area (Å²) in [6.45, 7) is 9.16. The third-order valence-corrected chi connectivity index (χ3v) is 4.86. The molecule has 2 heterocycles. The molecule has 0 aliphatic carbocycles. The number of hydrogen-bond donors (Lipinski definition) is 3. The number of rotatable bonds is 5. The number of aliphatic imine (C=N–C) groups is 1. The molecule has 22 heavy (non-hydrogen) atoms. The Morgan fingerprint density at radius 3 is 2.68 bits per heavy atom. The van der Waals surface area contributed by atoms with Crippen LogP contribution in [-0.4, -0.2) is 48.0 Å². The molecule has 0 atom stereocenters. The second-order valence-corrected chi connectivity index (χ2v) is 6.92. The fraction of sp³-hybridized carbons (Fsp3) is 0.733. The number of aromatic nitrogens is 1. The highest BCUT2D eigenvalue weighted by atomic mass is 32.1. The summed E-state index contributed by atoms with van der Waals surface area (Å²) in [6, 6.07) is 0. The van der Waals surface area contributed by atoms with Crippen molar-refractivity contribution in [3.8, 4) is 0 Å². The van der Waals surface area contributed by atoms with Crippen LogP contribution in [0.1, 0.15) is 35.3 Å². The first-order chi connectivity index (χ1) is 10.5. The number of guanidine groups is 1. The van der Waals surface area contributed by atoms with Crippen molar-refractivity contribution < 1.29 is 9.84 Å². The predicted molar refractivity (Wildman–Crippen MR) is 89.4 cm³/mol. The van der Waals surface area contributed by atoms with E-state index < -0.39 is 5.60 Å². The van der Waals surface area contributed by atoms with E-state index in [1.165, 1.54) is 4.88 Å². The second-order valence-electron chi connectivity index (χ2n) is 5.63. The van der Waals surface area contributed by atoms with Gasteiger partial charge in [0.05, 0.1) is 17.8 Å². The van der Waals surface area contributed by atoms with Gasteiger partial charge < -0.3 is 20.5 Å². The second kappa shape index (κ2) is 7.89. The van der Waals surface area contributed by atoms with Crippen LogP contribution in [-0.2, 0) is 11.3 Å². The molecule has 6 nitrogen and oxygen atoms in total. The Hall–Kier alpha value is -1.18.